The molecule has 0 spiro atoms. The van der Waals surface area contributed by atoms with Crippen LogP contribution in [0, 0.1) is 0 Å². The predicted octanol–water partition coefficient (Wildman–Crippen LogP) is 1.33. The third-order valence-corrected chi connectivity index (χ3v) is 5.52. The van der Waals surface area contributed by atoms with Crippen molar-refractivity contribution in [2.45, 2.75) is 38.9 Å². The van der Waals surface area contributed by atoms with Crippen molar-refractivity contribution in [2.24, 2.45) is 0 Å². The van der Waals surface area contributed by atoms with E-state index in [0.29, 0.717) is 138 Å². The van der Waals surface area contributed by atoms with Crippen LogP contribution in [0.25, 0.3) is 0 Å². The average molecular weight is 584 g/mol. The minimum Gasteiger partial charge on any atom is -0.377 e. The summed E-state index contributed by atoms with van der Waals surface area (Å²) in [5, 5.41) is 3.33. The van der Waals surface area contributed by atoms with Crippen molar-refractivity contribution in [3.05, 3.63) is 0 Å². The Kier molecular flexibility index (Phi) is 29.5. The molecule has 0 bridgehead atoms. The van der Waals surface area contributed by atoms with Gasteiger partial charge < -0.3 is 57.4 Å². The Balaban J connectivity index is 1.61. The van der Waals surface area contributed by atoms with Crippen molar-refractivity contribution >= 4 is 0 Å². The Hall–Kier alpha value is -0.480. The lowest BCUT2D eigenvalue weighted by Crippen LogP contribution is -2.33. The molecule has 0 saturated carbocycles. The summed E-state index contributed by atoms with van der Waals surface area (Å²) < 4.78 is 60.4. The molecule has 0 aromatic rings. The molecule has 12 nitrogen and oxygen atoms in total. The van der Waals surface area contributed by atoms with E-state index >= 15 is 0 Å². The van der Waals surface area contributed by atoms with Gasteiger partial charge in [-0.05, 0) is 39.8 Å². The maximum absolute atomic E-state index is 5.78. The first-order valence-electron chi connectivity index (χ1n) is 14.9. The van der Waals surface area contributed by atoms with Crippen molar-refractivity contribution < 1.29 is 52.1 Å². The average Bonchev–Trinajstić information content (AvgIpc) is 2.96. The van der Waals surface area contributed by atoms with Gasteiger partial charge in [0.25, 0.3) is 0 Å². The highest BCUT2D eigenvalue weighted by atomic mass is 16.6. The fourth-order valence-corrected chi connectivity index (χ4v) is 3.44. The quantitative estimate of drug-likeness (QED) is 0.115. The van der Waals surface area contributed by atoms with Crippen molar-refractivity contribution in [1.29, 1.82) is 0 Å². The summed E-state index contributed by atoms with van der Waals surface area (Å²) in [5.74, 6) is 0. The van der Waals surface area contributed by atoms with Crippen LogP contribution in [-0.2, 0) is 52.1 Å². The van der Waals surface area contributed by atoms with Crippen LogP contribution in [0.1, 0.15) is 26.7 Å². The second-order valence-corrected chi connectivity index (χ2v) is 9.25. The number of hydrogen-bond acceptors (Lipinski definition) is 12. The highest BCUT2D eigenvalue weighted by Gasteiger charge is 2.12. The lowest BCUT2D eigenvalue weighted by molar-refractivity contribution is -0.0327. The summed E-state index contributed by atoms with van der Waals surface area (Å²) in [5.41, 5.74) is 0. The first-order valence-corrected chi connectivity index (χ1v) is 14.9. The van der Waals surface area contributed by atoms with Gasteiger partial charge in [0.05, 0.1) is 144 Å². The summed E-state index contributed by atoms with van der Waals surface area (Å²) in [6.07, 6.45) is 2.78. The van der Waals surface area contributed by atoms with Gasteiger partial charge in [-0.1, -0.05) is 0 Å². The summed E-state index contributed by atoms with van der Waals surface area (Å²) in [7, 11) is 0. The van der Waals surface area contributed by atoms with E-state index < -0.39 is 0 Å². The lowest BCUT2D eigenvalue weighted by Gasteiger charge is -2.22. The molecular weight excluding hydrogens is 526 g/mol. The molecule has 1 saturated heterocycles. The molecule has 0 atom stereocenters. The summed E-state index contributed by atoms with van der Waals surface area (Å²) >= 11 is 0. The van der Waals surface area contributed by atoms with Crippen molar-refractivity contribution in [3.63, 3.8) is 0 Å². The minimum atomic E-state index is 0.235. The molecule has 0 unspecified atom stereocenters. The molecule has 240 valence electrons. The van der Waals surface area contributed by atoms with E-state index in [1.54, 1.807) is 0 Å². The molecule has 0 aliphatic carbocycles. The van der Waals surface area contributed by atoms with Crippen molar-refractivity contribution in [2.75, 3.05) is 145 Å². The third kappa shape index (κ3) is 29.0. The Morgan fingerprint density at radius 1 is 0.425 bits per heavy atom. The highest BCUT2D eigenvalue weighted by Crippen LogP contribution is 2.06. The van der Waals surface area contributed by atoms with Crippen LogP contribution < -0.4 is 5.32 Å². The van der Waals surface area contributed by atoms with Gasteiger partial charge in [0.2, 0.25) is 0 Å². The fourth-order valence-electron chi connectivity index (χ4n) is 3.44. The van der Waals surface area contributed by atoms with Crippen LogP contribution in [0.3, 0.4) is 0 Å². The van der Waals surface area contributed by atoms with E-state index in [4.69, 9.17) is 52.1 Å². The fraction of sp³-hybridized carbons (Fsp3) is 1.00. The zero-order valence-electron chi connectivity index (χ0n) is 25.1. The molecule has 1 N–H and O–H groups in total. The topological polar surface area (TPSA) is 114 Å². The maximum atomic E-state index is 5.78. The van der Waals surface area contributed by atoms with E-state index in [2.05, 4.69) is 5.32 Å². The molecule has 0 aromatic carbocycles. The largest absolute Gasteiger partial charge is 0.377 e. The van der Waals surface area contributed by atoms with Crippen LogP contribution in [0.5, 0.6) is 0 Å². The van der Waals surface area contributed by atoms with Gasteiger partial charge in [-0.25, -0.2) is 0 Å². The second-order valence-electron chi connectivity index (χ2n) is 9.25. The normalized spacial score (nSPS) is 14.5. The first-order chi connectivity index (χ1) is 19.8. The minimum absolute atomic E-state index is 0.235. The van der Waals surface area contributed by atoms with E-state index in [1.807, 2.05) is 13.8 Å². The lowest BCUT2D eigenvalue weighted by atomic mass is 10.1. The van der Waals surface area contributed by atoms with Gasteiger partial charge in [-0.2, -0.15) is 0 Å². The zero-order valence-corrected chi connectivity index (χ0v) is 25.1. The Labute approximate surface area is 241 Å². The second kappa shape index (κ2) is 31.5. The van der Waals surface area contributed by atoms with Crippen LogP contribution in [0.2, 0.25) is 0 Å². The molecule has 0 amide bonds. The standard InChI is InChI=1S/C28H57NO11/c1-27(2)39-25-23-37-21-19-35-17-15-33-13-11-31-9-7-30-8-10-32-12-14-34-16-18-36-20-22-38-24-26-40-28-3-5-29-6-4-28/h27-29H,3-26H2,1-2H3. The van der Waals surface area contributed by atoms with Gasteiger partial charge in [0.15, 0.2) is 0 Å². The monoisotopic (exact) mass is 583 g/mol. The predicted molar refractivity (Wildman–Crippen MR) is 150 cm³/mol. The summed E-state index contributed by atoms with van der Waals surface area (Å²) in [6.45, 7) is 17.2. The molecule has 1 aliphatic rings. The van der Waals surface area contributed by atoms with E-state index in [0.717, 1.165) is 25.9 Å². The number of nitrogens with one attached hydrogen (secondary N) is 1. The SMILES string of the molecule is CC(C)OCCOCCOCCOCCOCCOCCOCCOCCOCCOCCOC1CCNCC1. The van der Waals surface area contributed by atoms with E-state index in [-0.39, 0.29) is 6.10 Å². The number of hydrogen-bond donors (Lipinski definition) is 1. The molecule has 1 aliphatic heterocycles. The molecule has 1 fully saturated rings. The number of piperidine rings is 1. The van der Waals surface area contributed by atoms with Crippen LogP contribution in [0.4, 0.5) is 0 Å². The Morgan fingerprint density at radius 3 is 1.00 bits per heavy atom. The smallest absolute Gasteiger partial charge is 0.0704 e. The molecule has 12 heteroatoms. The molecule has 40 heavy (non-hydrogen) atoms. The maximum Gasteiger partial charge on any atom is 0.0704 e. The summed E-state index contributed by atoms with van der Waals surface area (Å²) in [6, 6.07) is 0. The molecule has 0 aromatic heterocycles. The van der Waals surface area contributed by atoms with E-state index in [1.165, 1.54) is 0 Å². The van der Waals surface area contributed by atoms with Crippen molar-refractivity contribution in [1.82, 2.24) is 5.32 Å². The highest BCUT2D eigenvalue weighted by molar-refractivity contribution is 4.67. The Morgan fingerprint density at radius 2 is 0.700 bits per heavy atom. The van der Waals surface area contributed by atoms with Gasteiger partial charge in [0, 0.05) is 0 Å². The van der Waals surface area contributed by atoms with Gasteiger partial charge in [0.1, 0.15) is 0 Å². The molecule has 1 rings (SSSR count). The molecular formula is C28H57NO11. The first kappa shape index (κ1) is 37.5. The van der Waals surface area contributed by atoms with Crippen LogP contribution >= 0.6 is 0 Å². The molecule has 1 heterocycles. The van der Waals surface area contributed by atoms with Gasteiger partial charge in [-0.15, -0.1) is 0 Å². The number of rotatable bonds is 32. The van der Waals surface area contributed by atoms with Gasteiger partial charge in [-0.3, -0.25) is 0 Å². The van der Waals surface area contributed by atoms with Crippen LogP contribution in [-0.4, -0.2) is 157 Å². The van der Waals surface area contributed by atoms with E-state index in [9.17, 15) is 0 Å². The zero-order chi connectivity index (χ0) is 28.6. The molecule has 0 radical (unpaired) electrons. The number of ether oxygens (including phenoxy) is 11. The third-order valence-electron chi connectivity index (χ3n) is 5.52. The van der Waals surface area contributed by atoms with Crippen molar-refractivity contribution in [3.8, 4) is 0 Å². The Bertz CT molecular complexity index is 485. The summed E-state index contributed by atoms with van der Waals surface area (Å²) in [4.78, 5) is 0. The van der Waals surface area contributed by atoms with Gasteiger partial charge >= 0.3 is 0 Å². The van der Waals surface area contributed by atoms with Crippen LogP contribution in [0.15, 0.2) is 0 Å².